The summed E-state index contributed by atoms with van der Waals surface area (Å²) in [5, 5.41) is 0. The number of pyridine rings is 1. The molecular weight excluding hydrogens is 194 g/mol. The molecule has 1 aliphatic carbocycles. The van der Waals surface area contributed by atoms with Gasteiger partial charge in [-0.15, -0.1) is 0 Å². The van der Waals surface area contributed by atoms with Crippen LogP contribution in [0.5, 0.6) is 0 Å². The van der Waals surface area contributed by atoms with Gasteiger partial charge in [-0.2, -0.15) is 0 Å². The highest BCUT2D eigenvalue weighted by Gasteiger charge is 2.10. The van der Waals surface area contributed by atoms with E-state index in [0.717, 1.165) is 25.7 Å². The molecule has 0 saturated carbocycles. The zero-order chi connectivity index (χ0) is 10.8. The van der Waals surface area contributed by atoms with Gasteiger partial charge in [-0.1, -0.05) is 24.3 Å². The molecule has 1 aliphatic rings. The lowest BCUT2D eigenvalue weighted by molar-refractivity contribution is 0.833. The van der Waals surface area contributed by atoms with E-state index in [1.807, 2.05) is 12.4 Å². The van der Waals surface area contributed by atoms with Crippen LogP contribution in [0.25, 0.3) is 0 Å². The minimum absolute atomic E-state index is 1.13. The van der Waals surface area contributed by atoms with E-state index >= 15 is 0 Å². The maximum absolute atomic E-state index is 4.23. The zero-order valence-electron chi connectivity index (χ0n) is 9.32. The van der Waals surface area contributed by atoms with E-state index in [1.54, 1.807) is 0 Å². The molecule has 0 aliphatic heterocycles. The van der Waals surface area contributed by atoms with Crippen LogP contribution >= 0.6 is 0 Å². The van der Waals surface area contributed by atoms with E-state index in [4.69, 9.17) is 0 Å². The van der Waals surface area contributed by atoms with Gasteiger partial charge in [-0.25, -0.2) is 0 Å². The average molecular weight is 209 g/mol. The lowest BCUT2D eigenvalue weighted by Crippen LogP contribution is -2.06. The normalized spacial score (nSPS) is 14.5. The monoisotopic (exact) mass is 209 g/mol. The molecule has 2 aromatic rings. The van der Waals surface area contributed by atoms with Crippen molar-refractivity contribution >= 4 is 0 Å². The number of fused-ring (bicyclic) bond motifs is 2. The molecule has 16 heavy (non-hydrogen) atoms. The van der Waals surface area contributed by atoms with Gasteiger partial charge in [-0.3, -0.25) is 4.98 Å². The fourth-order valence-corrected chi connectivity index (χ4v) is 2.51. The average Bonchev–Trinajstić information content (AvgIpc) is 2.32. The van der Waals surface area contributed by atoms with Crippen LogP contribution in [-0.4, -0.2) is 4.98 Å². The summed E-state index contributed by atoms with van der Waals surface area (Å²) in [6, 6.07) is 11.0. The predicted octanol–water partition coefficient (Wildman–Crippen LogP) is 2.97. The van der Waals surface area contributed by atoms with Crippen molar-refractivity contribution in [2.24, 2.45) is 0 Å². The van der Waals surface area contributed by atoms with Crippen molar-refractivity contribution in [2.75, 3.05) is 0 Å². The zero-order valence-corrected chi connectivity index (χ0v) is 9.32. The van der Waals surface area contributed by atoms with Crippen molar-refractivity contribution in [3.05, 3.63) is 65.0 Å². The molecule has 1 aromatic carbocycles. The Balaban J connectivity index is 1.97. The van der Waals surface area contributed by atoms with Crippen LogP contribution in [0, 0.1) is 0 Å². The van der Waals surface area contributed by atoms with E-state index in [-0.39, 0.29) is 0 Å². The topological polar surface area (TPSA) is 12.9 Å². The number of aryl methyl sites for hydroxylation is 4. The molecule has 1 heterocycles. The van der Waals surface area contributed by atoms with Crippen LogP contribution in [0.2, 0.25) is 0 Å². The second-order valence-corrected chi connectivity index (χ2v) is 4.41. The fourth-order valence-electron chi connectivity index (χ4n) is 2.51. The minimum Gasteiger partial charge on any atom is -0.264 e. The summed E-state index contributed by atoms with van der Waals surface area (Å²) in [6.07, 6.45) is 8.52. The Morgan fingerprint density at radius 1 is 0.688 bits per heavy atom. The first kappa shape index (κ1) is 9.59. The van der Waals surface area contributed by atoms with Crippen molar-refractivity contribution < 1.29 is 0 Å². The van der Waals surface area contributed by atoms with Gasteiger partial charge in [0.05, 0.1) is 0 Å². The van der Waals surface area contributed by atoms with Crippen molar-refractivity contribution in [3.63, 3.8) is 0 Å². The third-order valence-corrected chi connectivity index (χ3v) is 3.45. The van der Waals surface area contributed by atoms with Crippen LogP contribution in [0.15, 0.2) is 42.7 Å². The number of hydrogen-bond acceptors (Lipinski definition) is 1. The number of rotatable bonds is 0. The molecule has 1 aromatic heterocycles. The summed E-state index contributed by atoms with van der Waals surface area (Å²) in [5.41, 5.74) is 5.93. The van der Waals surface area contributed by atoms with Crippen LogP contribution in [0.3, 0.4) is 0 Å². The molecular formula is C15H15N. The van der Waals surface area contributed by atoms with Gasteiger partial charge in [-0.05, 0) is 54.0 Å². The Bertz CT molecular complexity index is 409. The van der Waals surface area contributed by atoms with E-state index < -0.39 is 0 Å². The lowest BCUT2D eigenvalue weighted by atomic mass is 9.90. The van der Waals surface area contributed by atoms with Gasteiger partial charge < -0.3 is 0 Å². The summed E-state index contributed by atoms with van der Waals surface area (Å²) in [7, 11) is 0. The van der Waals surface area contributed by atoms with Gasteiger partial charge >= 0.3 is 0 Å². The maximum atomic E-state index is 4.23. The van der Waals surface area contributed by atoms with E-state index in [0.29, 0.717) is 0 Å². The first-order valence-electron chi connectivity index (χ1n) is 5.92. The largest absolute Gasteiger partial charge is 0.264 e. The van der Waals surface area contributed by atoms with Crippen molar-refractivity contribution in [2.45, 2.75) is 25.7 Å². The number of hydrogen-bond donors (Lipinski definition) is 0. The van der Waals surface area contributed by atoms with Gasteiger partial charge in [0, 0.05) is 12.4 Å². The molecule has 80 valence electrons. The molecule has 0 N–H and O–H groups in total. The van der Waals surface area contributed by atoms with E-state index in [9.17, 15) is 0 Å². The molecule has 0 spiro atoms. The second-order valence-electron chi connectivity index (χ2n) is 4.41. The van der Waals surface area contributed by atoms with Crippen molar-refractivity contribution in [1.29, 1.82) is 0 Å². The molecule has 0 radical (unpaired) electrons. The number of aromatic nitrogens is 1. The van der Waals surface area contributed by atoms with Crippen LogP contribution in [0.1, 0.15) is 22.3 Å². The molecule has 0 bridgehead atoms. The Morgan fingerprint density at radius 3 is 1.94 bits per heavy atom. The third kappa shape index (κ3) is 1.73. The summed E-state index contributed by atoms with van der Waals surface area (Å²) in [5.74, 6) is 0. The lowest BCUT2D eigenvalue weighted by Gasteiger charge is -2.16. The van der Waals surface area contributed by atoms with Gasteiger partial charge in [0.2, 0.25) is 0 Å². The Labute approximate surface area is 96.2 Å². The third-order valence-electron chi connectivity index (χ3n) is 3.45. The molecule has 0 amide bonds. The first-order chi connectivity index (χ1) is 7.93. The van der Waals surface area contributed by atoms with Crippen LogP contribution < -0.4 is 0 Å². The van der Waals surface area contributed by atoms with Crippen LogP contribution in [-0.2, 0) is 25.7 Å². The molecule has 1 nitrogen and oxygen atoms in total. The SMILES string of the molecule is c1ccc2c(c1)CCc1ccncc1CC2. The maximum Gasteiger partial charge on any atom is 0.0302 e. The molecule has 0 unspecified atom stereocenters. The van der Waals surface area contributed by atoms with Crippen LogP contribution in [0.4, 0.5) is 0 Å². The summed E-state index contributed by atoms with van der Waals surface area (Å²) in [4.78, 5) is 4.23. The number of benzene rings is 1. The standard InChI is InChI=1S/C15H15N/c1-2-4-13-7-8-15-11-16-10-9-14(15)6-5-12(13)3-1/h1-4,9-11H,5-8H2. The van der Waals surface area contributed by atoms with E-state index in [2.05, 4.69) is 35.3 Å². The van der Waals surface area contributed by atoms with E-state index in [1.165, 1.54) is 22.3 Å². The van der Waals surface area contributed by atoms with Gasteiger partial charge in [0.25, 0.3) is 0 Å². The van der Waals surface area contributed by atoms with Crippen molar-refractivity contribution in [1.82, 2.24) is 4.98 Å². The Kier molecular flexibility index (Phi) is 2.45. The smallest absolute Gasteiger partial charge is 0.0302 e. The fraction of sp³-hybridized carbons (Fsp3) is 0.267. The van der Waals surface area contributed by atoms with Gasteiger partial charge in [0.1, 0.15) is 0 Å². The highest BCUT2D eigenvalue weighted by molar-refractivity contribution is 5.33. The summed E-state index contributed by atoms with van der Waals surface area (Å²) in [6.45, 7) is 0. The highest BCUT2D eigenvalue weighted by Crippen LogP contribution is 2.20. The predicted molar refractivity (Wildman–Crippen MR) is 65.5 cm³/mol. The Hall–Kier alpha value is -1.63. The second kappa shape index (κ2) is 4.09. The molecule has 0 fully saturated rings. The first-order valence-corrected chi connectivity index (χ1v) is 5.92. The number of nitrogens with zero attached hydrogens (tertiary/aromatic N) is 1. The molecule has 1 heteroatoms. The van der Waals surface area contributed by atoms with Crippen molar-refractivity contribution in [3.8, 4) is 0 Å². The molecule has 3 rings (SSSR count). The Morgan fingerprint density at radius 2 is 1.25 bits per heavy atom. The highest BCUT2D eigenvalue weighted by atomic mass is 14.6. The molecule has 0 saturated heterocycles. The summed E-state index contributed by atoms with van der Waals surface area (Å²) >= 11 is 0. The molecule has 0 atom stereocenters. The quantitative estimate of drug-likeness (QED) is 0.650. The summed E-state index contributed by atoms with van der Waals surface area (Å²) < 4.78 is 0. The minimum atomic E-state index is 1.13. The van der Waals surface area contributed by atoms with Gasteiger partial charge in [0.15, 0.2) is 0 Å².